The quantitative estimate of drug-likeness (QED) is 0.681. The summed E-state index contributed by atoms with van der Waals surface area (Å²) in [7, 11) is 0.252. The monoisotopic (exact) mass is 362 g/mol. The first-order valence-electron chi connectivity index (χ1n) is 7.59. The van der Waals surface area contributed by atoms with Crippen molar-refractivity contribution < 1.29 is 13.2 Å². The molecule has 5 nitrogen and oxygen atoms in total. The Morgan fingerprint density at radius 2 is 1.96 bits per heavy atom. The van der Waals surface area contributed by atoms with Gasteiger partial charge in [0.1, 0.15) is 0 Å². The minimum absolute atomic E-state index is 0. The lowest BCUT2D eigenvalue weighted by molar-refractivity contribution is -0.127. The minimum atomic E-state index is -3.18. The number of unbranched alkanes of at least 4 members (excludes halogenated alkanes) is 1. The largest absolute Gasteiger partial charge is 0.348 e. The zero-order chi connectivity index (χ0) is 16.6. The number of carbonyl (C=O) groups excluding carboxylic acids is 1. The Hall–Kier alpha value is -1.11. The number of sulfone groups is 1. The molecule has 1 rings (SSSR count). The Labute approximate surface area is 145 Å². The molecule has 0 aliphatic rings. The third-order valence-electron chi connectivity index (χ3n) is 3.39. The average molecular weight is 363 g/mol. The molecule has 7 heteroatoms. The molecule has 0 aliphatic carbocycles. The molecule has 0 atom stereocenters. The van der Waals surface area contributed by atoms with Gasteiger partial charge in [0.2, 0.25) is 5.91 Å². The van der Waals surface area contributed by atoms with Crippen molar-refractivity contribution >= 4 is 28.2 Å². The minimum Gasteiger partial charge on any atom is -0.348 e. The van der Waals surface area contributed by atoms with E-state index >= 15 is 0 Å². The summed E-state index contributed by atoms with van der Waals surface area (Å²) in [5, 5.41) is 3.07. The van der Waals surface area contributed by atoms with Crippen molar-refractivity contribution in [2.75, 3.05) is 32.9 Å². The van der Waals surface area contributed by atoms with Gasteiger partial charge >= 0.3 is 0 Å². The maximum Gasteiger partial charge on any atom is 0.236 e. The molecule has 1 aromatic rings. The van der Waals surface area contributed by atoms with E-state index in [1.165, 1.54) is 4.90 Å². The Morgan fingerprint density at radius 3 is 2.57 bits per heavy atom. The Kier molecular flexibility index (Phi) is 10.1. The molecule has 0 saturated carbocycles. The van der Waals surface area contributed by atoms with Crippen LogP contribution in [0.4, 0.5) is 0 Å². The van der Waals surface area contributed by atoms with Crippen LogP contribution in [0.1, 0.15) is 25.3 Å². The van der Waals surface area contributed by atoms with Gasteiger partial charge in [-0.05, 0) is 37.1 Å². The SMILES string of the molecule is CCCCS(=O)(=O)c1cccc(CCNCC(=O)N(C)C)c1.Cl. The first kappa shape index (κ1) is 21.9. The van der Waals surface area contributed by atoms with Crippen LogP contribution in [0.2, 0.25) is 0 Å². The lowest BCUT2D eigenvalue weighted by Crippen LogP contribution is -2.33. The highest BCUT2D eigenvalue weighted by molar-refractivity contribution is 7.91. The molecule has 23 heavy (non-hydrogen) atoms. The highest BCUT2D eigenvalue weighted by atomic mass is 35.5. The van der Waals surface area contributed by atoms with E-state index in [9.17, 15) is 13.2 Å². The van der Waals surface area contributed by atoms with Crippen molar-refractivity contribution in [2.24, 2.45) is 0 Å². The summed E-state index contributed by atoms with van der Waals surface area (Å²) in [4.78, 5) is 13.4. The van der Waals surface area contributed by atoms with Crippen LogP contribution in [0.5, 0.6) is 0 Å². The summed E-state index contributed by atoms with van der Waals surface area (Å²) in [6.45, 7) is 2.91. The second kappa shape index (κ2) is 10.6. The van der Waals surface area contributed by atoms with Crippen LogP contribution in [0, 0.1) is 0 Å². The fourth-order valence-corrected chi connectivity index (χ4v) is 3.45. The van der Waals surface area contributed by atoms with Crippen molar-refractivity contribution in [3.05, 3.63) is 29.8 Å². The number of hydrogen-bond donors (Lipinski definition) is 1. The van der Waals surface area contributed by atoms with E-state index in [1.54, 1.807) is 32.3 Å². The molecule has 0 spiro atoms. The molecule has 0 bridgehead atoms. The molecule has 1 N–H and O–H groups in total. The predicted molar refractivity (Wildman–Crippen MR) is 95.9 cm³/mol. The lowest BCUT2D eigenvalue weighted by atomic mass is 10.1. The predicted octanol–water partition coefficient (Wildman–Crippen LogP) is 1.90. The Bertz CT molecular complexity index is 589. The molecule has 1 aromatic carbocycles. The molecule has 0 fully saturated rings. The van der Waals surface area contributed by atoms with Crippen molar-refractivity contribution in [2.45, 2.75) is 31.1 Å². The van der Waals surface area contributed by atoms with E-state index in [1.807, 2.05) is 13.0 Å². The first-order chi connectivity index (χ1) is 10.4. The molecule has 0 aromatic heterocycles. The molecule has 1 amide bonds. The Balaban J connectivity index is 0.00000484. The fraction of sp³-hybridized carbons (Fsp3) is 0.562. The van der Waals surface area contributed by atoms with Gasteiger partial charge in [0.05, 0.1) is 17.2 Å². The van der Waals surface area contributed by atoms with Gasteiger partial charge in [-0.15, -0.1) is 12.4 Å². The van der Waals surface area contributed by atoms with Gasteiger partial charge in [-0.25, -0.2) is 8.42 Å². The van der Waals surface area contributed by atoms with Crippen molar-refractivity contribution in [1.82, 2.24) is 10.2 Å². The highest BCUT2D eigenvalue weighted by Gasteiger charge is 2.13. The molecule has 0 saturated heterocycles. The maximum absolute atomic E-state index is 12.2. The highest BCUT2D eigenvalue weighted by Crippen LogP contribution is 2.15. The smallest absolute Gasteiger partial charge is 0.236 e. The number of hydrogen-bond acceptors (Lipinski definition) is 4. The number of benzene rings is 1. The number of halogens is 1. The third kappa shape index (κ3) is 7.81. The summed E-state index contributed by atoms with van der Waals surface area (Å²) in [6, 6.07) is 7.07. The van der Waals surface area contributed by atoms with E-state index in [0.29, 0.717) is 30.8 Å². The van der Waals surface area contributed by atoms with Gasteiger partial charge in [0.25, 0.3) is 0 Å². The fourth-order valence-electron chi connectivity index (χ4n) is 1.93. The standard InChI is InChI=1S/C16H26N2O3S.ClH/c1-4-5-11-22(20,21)15-8-6-7-14(12-15)9-10-17-13-16(19)18(2)3;/h6-8,12,17H,4-5,9-11,13H2,1-3H3;1H. The molecular formula is C16H27ClN2O3S. The number of nitrogens with one attached hydrogen (secondary N) is 1. The summed E-state index contributed by atoms with van der Waals surface area (Å²) >= 11 is 0. The van der Waals surface area contributed by atoms with Crippen LogP contribution in [0.15, 0.2) is 29.2 Å². The second-order valence-corrected chi connectivity index (χ2v) is 7.64. The van der Waals surface area contributed by atoms with Gasteiger partial charge in [0, 0.05) is 14.1 Å². The lowest BCUT2D eigenvalue weighted by Gasteiger charge is -2.11. The molecule has 132 valence electrons. The summed E-state index contributed by atoms with van der Waals surface area (Å²) in [5.41, 5.74) is 0.961. The van der Waals surface area contributed by atoms with Crippen LogP contribution < -0.4 is 5.32 Å². The zero-order valence-corrected chi connectivity index (χ0v) is 15.7. The molecule has 0 radical (unpaired) electrons. The second-order valence-electron chi connectivity index (χ2n) is 5.53. The van der Waals surface area contributed by atoms with Gasteiger partial charge in [-0.1, -0.05) is 25.5 Å². The first-order valence-corrected chi connectivity index (χ1v) is 9.24. The van der Waals surface area contributed by atoms with Crippen LogP contribution >= 0.6 is 12.4 Å². The van der Waals surface area contributed by atoms with E-state index in [0.717, 1.165) is 12.0 Å². The number of carbonyl (C=O) groups is 1. The zero-order valence-electron chi connectivity index (χ0n) is 14.0. The third-order valence-corrected chi connectivity index (χ3v) is 5.19. The normalized spacial score (nSPS) is 10.9. The van der Waals surface area contributed by atoms with Crippen LogP contribution in [-0.4, -0.2) is 52.2 Å². The van der Waals surface area contributed by atoms with Crippen molar-refractivity contribution in [3.63, 3.8) is 0 Å². The van der Waals surface area contributed by atoms with Crippen molar-refractivity contribution in [1.29, 1.82) is 0 Å². The number of nitrogens with zero attached hydrogens (tertiary/aromatic N) is 1. The summed E-state index contributed by atoms with van der Waals surface area (Å²) in [6.07, 6.45) is 2.24. The van der Waals surface area contributed by atoms with E-state index in [2.05, 4.69) is 5.32 Å². The Morgan fingerprint density at radius 1 is 1.26 bits per heavy atom. The number of amides is 1. The maximum atomic E-state index is 12.2. The number of rotatable bonds is 9. The van der Waals surface area contributed by atoms with Gasteiger partial charge in [0.15, 0.2) is 9.84 Å². The topological polar surface area (TPSA) is 66.5 Å². The van der Waals surface area contributed by atoms with Gasteiger partial charge < -0.3 is 10.2 Å². The molecular weight excluding hydrogens is 336 g/mol. The van der Waals surface area contributed by atoms with Gasteiger partial charge in [-0.3, -0.25) is 4.79 Å². The van der Waals surface area contributed by atoms with Crippen LogP contribution in [-0.2, 0) is 21.1 Å². The molecule has 0 aliphatic heterocycles. The van der Waals surface area contributed by atoms with E-state index in [-0.39, 0.29) is 24.1 Å². The summed E-state index contributed by atoms with van der Waals surface area (Å²) in [5.74, 6) is 0.221. The van der Waals surface area contributed by atoms with E-state index < -0.39 is 9.84 Å². The molecule has 0 unspecified atom stereocenters. The van der Waals surface area contributed by atoms with Crippen LogP contribution in [0.3, 0.4) is 0 Å². The average Bonchev–Trinajstić information content (AvgIpc) is 2.49. The van der Waals surface area contributed by atoms with E-state index in [4.69, 9.17) is 0 Å². The number of likely N-dealkylation sites (N-methyl/N-ethyl adjacent to an activating group) is 1. The summed E-state index contributed by atoms with van der Waals surface area (Å²) < 4.78 is 24.3. The van der Waals surface area contributed by atoms with Gasteiger partial charge in [-0.2, -0.15) is 0 Å². The molecule has 0 heterocycles. The van der Waals surface area contributed by atoms with Crippen LogP contribution in [0.25, 0.3) is 0 Å². The van der Waals surface area contributed by atoms with Crippen molar-refractivity contribution in [3.8, 4) is 0 Å².